The molecule has 0 aromatic heterocycles. The van der Waals surface area contributed by atoms with Crippen LogP contribution < -0.4 is 5.32 Å². The monoisotopic (exact) mass is 299 g/mol. The molecule has 3 heteroatoms. The van der Waals surface area contributed by atoms with Gasteiger partial charge in [0.15, 0.2) is 0 Å². The Balaban J connectivity index is 1.87. The Kier molecular flexibility index (Phi) is 4.74. The molecule has 0 radical (unpaired) electrons. The van der Waals surface area contributed by atoms with Crippen molar-refractivity contribution in [3.8, 4) is 0 Å². The molecule has 0 amide bonds. The maximum atomic E-state index is 3.60. The Morgan fingerprint density at radius 2 is 2.19 bits per heavy atom. The first kappa shape index (κ1) is 12.5. The molecule has 1 fully saturated rings. The first-order valence-electron chi connectivity index (χ1n) is 5.92. The van der Waals surface area contributed by atoms with Crippen LogP contribution in [0.5, 0.6) is 0 Å². The second-order valence-electron chi connectivity index (χ2n) is 4.24. The molecule has 0 spiro atoms. The minimum Gasteiger partial charge on any atom is -0.313 e. The van der Waals surface area contributed by atoms with Gasteiger partial charge in [-0.05, 0) is 53.4 Å². The van der Waals surface area contributed by atoms with E-state index in [1.165, 1.54) is 28.0 Å². The molecule has 1 aromatic rings. The molecule has 1 nitrogen and oxygen atoms in total. The Morgan fingerprint density at radius 1 is 1.44 bits per heavy atom. The van der Waals surface area contributed by atoms with Crippen LogP contribution in [-0.4, -0.2) is 18.3 Å². The van der Waals surface area contributed by atoms with Crippen LogP contribution in [0.3, 0.4) is 0 Å². The molecule has 1 saturated carbocycles. The maximum absolute atomic E-state index is 3.60. The van der Waals surface area contributed by atoms with E-state index >= 15 is 0 Å². The molecule has 1 aromatic carbocycles. The van der Waals surface area contributed by atoms with E-state index in [1.807, 2.05) is 11.8 Å². The van der Waals surface area contributed by atoms with Crippen LogP contribution in [0.2, 0.25) is 0 Å². The van der Waals surface area contributed by atoms with E-state index in [0.717, 1.165) is 12.5 Å². The Hall–Kier alpha value is 0.01000. The molecule has 1 N–H and O–H groups in total. The maximum Gasteiger partial charge on any atom is 0.0311 e. The van der Waals surface area contributed by atoms with Gasteiger partial charge in [-0.2, -0.15) is 0 Å². The van der Waals surface area contributed by atoms with E-state index in [9.17, 15) is 0 Å². The zero-order valence-electron chi connectivity index (χ0n) is 9.58. The molecule has 2 rings (SSSR count). The zero-order chi connectivity index (χ0) is 11.4. The molecule has 1 unspecified atom stereocenters. The second kappa shape index (κ2) is 6.08. The van der Waals surface area contributed by atoms with Gasteiger partial charge in [0, 0.05) is 21.2 Å². The highest BCUT2D eigenvalue weighted by Gasteiger charge is 2.30. The largest absolute Gasteiger partial charge is 0.313 e. The first-order chi connectivity index (χ1) is 7.81. The van der Waals surface area contributed by atoms with Crippen molar-refractivity contribution in [2.24, 2.45) is 5.92 Å². The van der Waals surface area contributed by atoms with Crippen LogP contribution in [0.15, 0.2) is 33.6 Å². The highest BCUT2D eigenvalue weighted by molar-refractivity contribution is 9.10. The van der Waals surface area contributed by atoms with Gasteiger partial charge in [-0.15, -0.1) is 11.8 Å². The van der Waals surface area contributed by atoms with E-state index in [2.05, 4.69) is 52.4 Å². The molecular weight excluding hydrogens is 282 g/mol. The van der Waals surface area contributed by atoms with Crippen LogP contribution in [0, 0.1) is 5.92 Å². The average molecular weight is 300 g/mol. The highest BCUT2D eigenvalue weighted by Crippen LogP contribution is 2.36. The third-order valence-corrected chi connectivity index (χ3v) is 5.06. The predicted octanol–water partition coefficient (Wildman–Crippen LogP) is 3.93. The Labute approximate surface area is 111 Å². The summed E-state index contributed by atoms with van der Waals surface area (Å²) in [4.78, 5) is 1.35. The SMILES string of the molecule is CCNC(CSc1ccccc1Br)C1CC1. The van der Waals surface area contributed by atoms with Crippen molar-refractivity contribution in [1.29, 1.82) is 0 Å². The molecule has 0 heterocycles. The van der Waals surface area contributed by atoms with Gasteiger partial charge in [-0.1, -0.05) is 19.1 Å². The van der Waals surface area contributed by atoms with Gasteiger partial charge < -0.3 is 5.32 Å². The van der Waals surface area contributed by atoms with Crippen LogP contribution in [0.4, 0.5) is 0 Å². The molecule has 16 heavy (non-hydrogen) atoms. The number of hydrogen-bond acceptors (Lipinski definition) is 2. The summed E-state index contributed by atoms with van der Waals surface area (Å²) in [5, 5.41) is 3.60. The van der Waals surface area contributed by atoms with Crippen LogP contribution in [0.1, 0.15) is 19.8 Å². The number of rotatable bonds is 6. The van der Waals surface area contributed by atoms with Gasteiger partial charge in [-0.25, -0.2) is 0 Å². The fraction of sp³-hybridized carbons (Fsp3) is 0.538. The Bertz CT molecular complexity index is 338. The van der Waals surface area contributed by atoms with Crippen molar-refractivity contribution < 1.29 is 0 Å². The normalized spacial score (nSPS) is 17.4. The smallest absolute Gasteiger partial charge is 0.0311 e. The van der Waals surface area contributed by atoms with E-state index < -0.39 is 0 Å². The summed E-state index contributed by atoms with van der Waals surface area (Å²) in [5.41, 5.74) is 0. The molecule has 0 bridgehead atoms. The van der Waals surface area contributed by atoms with Crippen LogP contribution in [-0.2, 0) is 0 Å². The van der Waals surface area contributed by atoms with Gasteiger partial charge in [0.2, 0.25) is 0 Å². The lowest BCUT2D eigenvalue weighted by molar-refractivity contribution is 0.519. The second-order valence-corrected chi connectivity index (χ2v) is 6.16. The van der Waals surface area contributed by atoms with Crippen molar-refractivity contribution in [3.63, 3.8) is 0 Å². The van der Waals surface area contributed by atoms with E-state index in [1.54, 1.807) is 0 Å². The lowest BCUT2D eigenvalue weighted by atomic mass is 10.2. The number of nitrogens with one attached hydrogen (secondary N) is 1. The topological polar surface area (TPSA) is 12.0 Å². The molecule has 88 valence electrons. The molecule has 1 aliphatic rings. The molecule has 1 atom stereocenters. The van der Waals surface area contributed by atoms with Gasteiger partial charge in [0.05, 0.1) is 0 Å². The first-order valence-corrected chi connectivity index (χ1v) is 7.70. The van der Waals surface area contributed by atoms with Crippen molar-refractivity contribution in [2.75, 3.05) is 12.3 Å². The van der Waals surface area contributed by atoms with Gasteiger partial charge in [-0.3, -0.25) is 0 Å². The summed E-state index contributed by atoms with van der Waals surface area (Å²) >= 11 is 5.55. The lowest BCUT2D eigenvalue weighted by Crippen LogP contribution is -2.33. The Morgan fingerprint density at radius 3 is 2.81 bits per heavy atom. The summed E-state index contributed by atoms with van der Waals surface area (Å²) in [6, 6.07) is 9.16. The molecule has 1 aliphatic carbocycles. The third-order valence-electron chi connectivity index (χ3n) is 2.91. The predicted molar refractivity (Wildman–Crippen MR) is 75.1 cm³/mol. The summed E-state index contributed by atoms with van der Waals surface area (Å²) in [7, 11) is 0. The molecule has 0 saturated heterocycles. The third kappa shape index (κ3) is 3.51. The van der Waals surface area contributed by atoms with Crippen molar-refractivity contribution >= 4 is 27.7 Å². The quantitative estimate of drug-likeness (QED) is 0.799. The van der Waals surface area contributed by atoms with Gasteiger partial charge in [0.1, 0.15) is 0 Å². The number of benzene rings is 1. The van der Waals surface area contributed by atoms with Gasteiger partial charge >= 0.3 is 0 Å². The lowest BCUT2D eigenvalue weighted by Gasteiger charge is -2.16. The molecule has 0 aliphatic heterocycles. The minimum absolute atomic E-state index is 0.696. The average Bonchev–Trinajstić information content (AvgIpc) is 3.10. The summed E-state index contributed by atoms with van der Waals surface area (Å²) in [6.45, 7) is 3.27. The number of halogens is 1. The summed E-state index contributed by atoms with van der Waals surface area (Å²) in [5.74, 6) is 2.11. The number of thioether (sulfide) groups is 1. The number of hydrogen-bond donors (Lipinski definition) is 1. The van der Waals surface area contributed by atoms with Crippen LogP contribution >= 0.6 is 27.7 Å². The van der Waals surface area contributed by atoms with Crippen molar-refractivity contribution in [2.45, 2.75) is 30.7 Å². The minimum atomic E-state index is 0.696. The fourth-order valence-electron chi connectivity index (χ4n) is 1.86. The van der Waals surface area contributed by atoms with E-state index in [-0.39, 0.29) is 0 Å². The van der Waals surface area contributed by atoms with Crippen molar-refractivity contribution in [3.05, 3.63) is 28.7 Å². The van der Waals surface area contributed by atoms with E-state index in [4.69, 9.17) is 0 Å². The summed E-state index contributed by atoms with van der Waals surface area (Å²) in [6.07, 6.45) is 2.82. The van der Waals surface area contributed by atoms with E-state index in [0.29, 0.717) is 6.04 Å². The van der Waals surface area contributed by atoms with Crippen LogP contribution in [0.25, 0.3) is 0 Å². The van der Waals surface area contributed by atoms with Gasteiger partial charge in [0.25, 0.3) is 0 Å². The summed E-state index contributed by atoms with van der Waals surface area (Å²) < 4.78 is 1.21. The highest BCUT2D eigenvalue weighted by atomic mass is 79.9. The van der Waals surface area contributed by atoms with Crippen molar-refractivity contribution in [1.82, 2.24) is 5.32 Å². The standard InChI is InChI=1S/C13H18BrNS/c1-2-15-12(10-7-8-10)9-16-13-6-4-3-5-11(13)14/h3-6,10,12,15H,2,7-9H2,1H3. The fourth-order valence-corrected chi connectivity index (χ4v) is 3.62. The molecular formula is C13H18BrNS. The zero-order valence-corrected chi connectivity index (χ0v) is 12.0.